The van der Waals surface area contributed by atoms with Gasteiger partial charge in [0.1, 0.15) is 0 Å². The van der Waals surface area contributed by atoms with Gasteiger partial charge in [-0.15, -0.1) is 0 Å². The van der Waals surface area contributed by atoms with Gasteiger partial charge < -0.3 is 5.32 Å². The van der Waals surface area contributed by atoms with Crippen molar-refractivity contribution >= 4 is 31.9 Å². The highest BCUT2D eigenvalue weighted by molar-refractivity contribution is 9.10. The molecule has 0 aliphatic carbocycles. The standard InChI is InChI=1S/C14H17Br2N3/c1-4-17-8-11-5-6-12(7-13(11)15)19-10(3)14(16)9(2)18-19/h5-7,17H,4,8H2,1-3H3. The first kappa shape index (κ1) is 14.8. The van der Waals surface area contributed by atoms with Gasteiger partial charge in [-0.2, -0.15) is 5.10 Å². The van der Waals surface area contributed by atoms with Gasteiger partial charge in [0.05, 0.1) is 21.5 Å². The van der Waals surface area contributed by atoms with Gasteiger partial charge in [-0.1, -0.05) is 28.9 Å². The van der Waals surface area contributed by atoms with Crippen molar-refractivity contribution in [1.82, 2.24) is 15.1 Å². The Morgan fingerprint density at radius 3 is 2.53 bits per heavy atom. The largest absolute Gasteiger partial charge is 0.313 e. The van der Waals surface area contributed by atoms with Crippen LogP contribution in [0.25, 0.3) is 5.69 Å². The molecule has 3 nitrogen and oxygen atoms in total. The summed E-state index contributed by atoms with van der Waals surface area (Å²) in [6.45, 7) is 8.01. The van der Waals surface area contributed by atoms with Crippen LogP contribution < -0.4 is 5.32 Å². The first-order chi connectivity index (χ1) is 9.04. The van der Waals surface area contributed by atoms with Crippen LogP contribution in [0.1, 0.15) is 23.9 Å². The molecule has 0 amide bonds. The summed E-state index contributed by atoms with van der Waals surface area (Å²) in [6, 6.07) is 6.34. The topological polar surface area (TPSA) is 29.9 Å². The minimum Gasteiger partial charge on any atom is -0.313 e. The van der Waals surface area contributed by atoms with Crippen LogP contribution in [-0.4, -0.2) is 16.3 Å². The Labute approximate surface area is 130 Å². The van der Waals surface area contributed by atoms with Crippen molar-refractivity contribution in [3.63, 3.8) is 0 Å². The van der Waals surface area contributed by atoms with E-state index in [1.54, 1.807) is 0 Å². The fraction of sp³-hybridized carbons (Fsp3) is 0.357. The van der Waals surface area contributed by atoms with Crippen LogP contribution in [0.15, 0.2) is 27.1 Å². The van der Waals surface area contributed by atoms with Crippen molar-refractivity contribution in [2.24, 2.45) is 0 Å². The maximum absolute atomic E-state index is 4.55. The van der Waals surface area contributed by atoms with E-state index in [1.165, 1.54) is 5.56 Å². The van der Waals surface area contributed by atoms with Gasteiger partial charge in [-0.3, -0.25) is 0 Å². The number of hydrogen-bond donors (Lipinski definition) is 1. The first-order valence-electron chi connectivity index (χ1n) is 6.25. The van der Waals surface area contributed by atoms with E-state index in [1.807, 2.05) is 11.6 Å². The van der Waals surface area contributed by atoms with Crippen molar-refractivity contribution in [1.29, 1.82) is 0 Å². The van der Waals surface area contributed by atoms with Gasteiger partial charge in [-0.25, -0.2) is 4.68 Å². The zero-order chi connectivity index (χ0) is 14.0. The first-order valence-corrected chi connectivity index (χ1v) is 7.84. The van der Waals surface area contributed by atoms with Gasteiger partial charge in [0.2, 0.25) is 0 Å². The number of halogens is 2. The molecule has 0 radical (unpaired) electrons. The molecular weight excluding hydrogens is 370 g/mol. The fourth-order valence-electron chi connectivity index (χ4n) is 1.95. The molecule has 0 spiro atoms. The molecular formula is C14H17Br2N3. The average molecular weight is 387 g/mol. The Hall–Kier alpha value is -0.650. The smallest absolute Gasteiger partial charge is 0.0743 e. The monoisotopic (exact) mass is 385 g/mol. The van der Waals surface area contributed by atoms with Crippen LogP contribution in [0.5, 0.6) is 0 Å². The van der Waals surface area contributed by atoms with E-state index < -0.39 is 0 Å². The maximum Gasteiger partial charge on any atom is 0.0743 e. The third kappa shape index (κ3) is 3.09. The number of aryl methyl sites for hydroxylation is 1. The molecule has 2 rings (SSSR count). The summed E-state index contributed by atoms with van der Waals surface area (Å²) in [5, 5.41) is 7.88. The summed E-state index contributed by atoms with van der Waals surface area (Å²) in [5.74, 6) is 0. The molecule has 0 bridgehead atoms. The predicted molar refractivity (Wildman–Crippen MR) is 85.8 cm³/mol. The van der Waals surface area contributed by atoms with Gasteiger partial charge >= 0.3 is 0 Å². The Balaban J connectivity index is 2.36. The number of hydrogen-bond acceptors (Lipinski definition) is 2. The van der Waals surface area contributed by atoms with E-state index in [-0.39, 0.29) is 0 Å². The lowest BCUT2D eigenvalue weighted by molar-refractivity contribution is 0.724. The van der Waals surface area contributed by atoms with E-state index in [4.69, 9.17) is 0 Å². The van der Waals surface area contributed by atoms with E-state index in [0.29, 0.717) is 0 Å². The Morgan fingerprint density at radius 2 is 2.00 bits per heavy atom. The molecule has 5 heteroatoms. The maximum atomic E-state index is 4.55. The molecule has 0 saturated heterocycles. The lowest BCUT2D eigenvalue weighted by Crippen LogP contribution is -2.12. The number of nitrogens with zero attached hydrogens (tertiary/aromatic N) is 2. The van der Waals surface area contributed by atoms with Crippen molar-refractivity contribution in [2.75, 3.05) is 6.54 Å². The fourth-order valence-corrected chi connectivity index (χ4v) is 2.70. The highest BCUT2D eigenvalue weighted by atomic mass is 79.9. The number of benzene rings is 1. The summed E-state index contributed by atoms with van der Waals surface area (Å²) in [6.07, 6.45) is 0. The molecule has 102 valence electrons. The van der Waals surface area contributed by atoms with Crippen LogP contribution in [0.3, 0.4) is 0 Å². The molecule has 19 heavy (non-hydrogen) atoms. The van der Waals surface area contributed by atoms with Gasteiger partial charge in [0, 0.05) is 11.0 Å². The highest BCUT2D eigenvalue weighted by Gasteiger charge is 2.11. The van der Waals surface area contributed by atoms with Crippen molar-refractivity contribution in [2.45, 2.75) is 27.3 Å². The third-order valence-corrected chi connectivity index (χ3v) is 4.94. The molecule has 2 aromatic rings. The number of nitrogens with one attached hydrogen (secondary N) is 1. The summed E-state index contributed by atoms with van der Waals surface area (Å²) in [7, 11) is 0. The van der Waals surface area contributed by atoms with Crippen molar-refractivity contribution in [3.05, 3.63) is 44.1 Å². The average Bonchev–Trinajstić information content (AvgIpc) is 2.65. The SMILES string of the molecule is CCNCc1ccc(-n2nc(C)c(Br)c2C)cc1Br. The molecule has 0 unspecified atom stereocenters. The molecule has 1 aromatic heterocycles. The lowest BCUT2D eigenvalue weighted by atomic mass is 10.2. The highest BCUT2D eigenvalue weighted by Crippen LogP contribution is 2.26. The number of aromatic nitrogens is 2. The van der Waals surface area contributed by atoms with Crippen LogP contribution >= 0.6 is 31.9 Å². The molecule has 0 aliphatic rings. The predicted octanol–water partition coefficient (Wildman–Crippen LogP) is 4.12. The summed E-state index contributed by atoms with van der Waals surface area (Å²) in [5.41, 5.74) is 4.44. The zero-order valence-electron chi connectivity index (χ0n) is 11.3. The van der Waals surface area contributed by atoms with E-state index in [2.05, 4.69) is 74.3 Å². The molecule has 0 saturated carbocycles. The normalized spacial score (nSPS) is 11.0. The van der Waals surface area contributed by atoms with Crippen LogP contribution in [0, 0.1) is 13.8 Å². The molecule has 1 N–H and O–H groups in total. The van der Waals surface area contributed by atoms with Crippen molar-refractivity contribution in [3.8, 4) is 5.69 Å². The van der Waals surface area contributed by atoms with Crippen LogP contribution in [-0.2, 0) is 6.54 Å². The second-order valence-corrected chi connectivity index (χ2v) is 6.10. The lowest BCUT2D eigenvalue weighted by Gasteiger charge is -2.09. The Bertz CT molecular complexity index is 591. The number of rotatable bonds is 4. The van der Waals surface area contributed by atoms with Crippen LogP contribution in [0.4, 0.5) is 0 Å². The summed E-state index contributed by atoms with van der Waals surface area (Å²) in [4.78, 5) is 0. The third-order valence-electron chi connectivity index (χ3n) is 3.05. The van der Waals surface area contributed by atoms with E-state index in [9.17, 15) is 0 Å². The second kappa shape index (κ2) is 6.20. The van der Waals surface area contributed by atoms with Gasteiger partial charge in [0.25, 0.3) is 0 Å². The minimum absolute atomic E-state index is 0.873. The second-order valence-electron chi connectivity index (χ2n) is 4.45. The van der Waals surface area contributed by atoms with Crippen LogP contribution in [0.2, 0.25) is 0 Å². The van der Waals surface area contributed by atoms with Gasteiger partial charge in [-0.05, 0) is 54.0 Å². The Kier molecular flexibility index (Phi) is 4.81. The summed E-state index contributed by atoms with van der Waals surface area (Å²) < 4.78 is 4.14. The summed E-state index contributed by atoms with van der Waals surface area (Å²) >= 11 is 7.19. The Morgan fingerprint density at radius 1 is 1.26 bits per heavy atom. The zero-order valence-corrected chi connectivity index (χ0v) is 14.5. The minimum atomic E-state index is 0.873. The van der Waals surface area contributed by atoms with Gasteiger partial charge in [0.15, 0.2) is 0 Å². The van der Waals surface area contributed by atoms with E-state index >= 15 is 0 Å². The molecule has 1 aromatic carbocycles. The molecule has 0 atom stereocenters. The molecule has 0 fully saturated rings. The van der Waals surface area contributed by atoms with E-state index in [0.717, 1.165) is 39.1 Å². The quantitative estimate of drug-likeness (QED) is 0.856. The van der Waals surface area contributed by atoms with Crippen molar-refractivity contribution < 1.29 is 0 Å². The molecule has 1 heterocycles. The molecule has 0 aliphatic heterocycles.